The molecule has 0 aliphatic carbocycles. The Morgan fingerprint density at radius 2 is 2.14 bits per heavy atom. The lowest BCUT2D eigenvalue weighted by Crippen LogP contribution is -2.52. The fourth-order valence-corrected chi connectivity index (χ4v) is 3.01. The van der Waals surface area contributed by atoms with Gasteiger partial charge in [0.05, 0.1) is 11.4 Å². The maximum atomic E-state index is 12.7. The van der Waals surface area contributed by atoms with Crippen molar-refractivity contribution in [2.45, 2.75) is 19.4 Å². The highest BCUT2D eigenvalue weighted by atomic mass is 16.2. The van der Waals surface area contributed by atoms with Crippen LogP contribution in [0.15, 0.2) is 18.2 Å². The number of benzene rings is 1. The van der Waals surface area contributed by atoms with E-state index in [2.05, 4.69) is 10.6 Å². The van der Waals surface area contributed by atoms with Crippen molar-refractivity contribution in [1.82, 2.24) is 10.2 Å². The fourth-order valence-electron chi connectivity index (χ4n) is 3.01. The summed E-state index contributed by atoms with van der Waals surface area (Å²) in [5.41, 5.74) is 2.30. The second-order valence-electron chi connectivity index (χ2n) is 6.00. The third-order valence-corrected chi connectivity index (χ3v) is 4.37. The Kier molecular flexibility index (Phi) is 4.02. The van der Waals surface area contributed by atoms with Gasteiger partial charge in [-0.3, -0.25) is 9.59 Å². The monoisotopic (exact) mass is 302 g/mol. The number of anilines is 2. The SMILES string of the molecule is C[C@H]1CNCCN1C(=O)c1ccc2c(c1)NC(=O)CCN2C. The molecule has 2 aliphatic rings. The van der Waals surface area contributed by atoms with Gasteiger partial charge in [0.25, 0.3) is 5.91 Å². The summed E-state index contributed by atoms with van der Waals surface area (Å²) in [7, 11) is 1.96. The summed E-state index contributed by atoms with van der Waals surface area (Å²) in [6.07, 6.45) is 0.462. The van der Waals surface area contributed by atoms with Gasteiger partial charge in [-0.05, 0) is 25.1 Å². The first-order valence-electron chi connectivity index (χ1n) is 7.73. The number of amides is 2. The van der Waals surface area contributed by atoms with Gasteiger partial charge in [0.2, 0.25) is 5.91 Å². The highest BCUT2D eigenvalue weighted by Gasteiger charge is 2.25. The van der Waals surface area contributed by atoms with E-state index in [9.17, 15) is 9.59 Å². The zero-order valence-corrected chi connectivity index (χ0v) is 13.1. The van der Waals surface area contributed by atoms with Gasteiger partial charge in [0.1, 0.15) is 0 Å². The molecule has 0 bridgehead atoms. The van der Waals surface area contributed by atoms with Crippen molar-refractivity contribution in [3.63, 3.8) is 0 Å². The Morgan fingerprint density at radius 3 is 2.91 bits per heavy atom. The average Bonchev–Trinajstić information content (AvgIpc) is 2.65. The van der Waals surface area contributed by atoms with Crippen LogP contribution in [0.5, 0.6) is 0 Å². The molecule has 1 fully saturated rings. The van der Waals surface area contributed by atoms with Crippen LogP contribution in [0.3, 0.4) is 0 Å². The Labute approximate surface area is 130 Å². The summed E-state index contributed by atoms with van der Waals surface area (Å²) in [4.78, 5) is 28.4. The van der Waals surface area contributed by atoms with E-state index in [1.54, 1.807) is 6.07 Å². The molecule has 2 aliphatic heterocycles. The van der Waals surface area contributed by atoms with Crippen LogP contribution in [0.4, 0.5) is 11.4 Å². The van der Waals surface area contributed by atoms with Gasteiger partial charge in [-0.1, -0.05) is 0 Å². The predicted octanol–water partition coefficient (Wildman–Crippen LogP) is 0.899. The molecule has 2 heterocycles. The first kappa shape index (κ1) is 14.8. The standard InChI is InChI=1S/C16H22N4O2/c1-11-10-17-6-8-20(11)16(22)12-3-4-14-13(9-12)18-15(21)5-7-19(14)2/h3-4,9,11,17H,5-8,10H2,1-2H3,(H,18,21)/t11-/m0/s1. The van der Waals surface area contributed by atoms with Gasteiger partial charge in [0.15, 0.2) is 0 Å². The van der Waals surface area contributed by atoms with Crippen molar-refractivity contribution in [2.75, 3.05) is 43.4 Å². The minimum Gasteiger partial charge on any atom is -0.372 e. The maximum absolute atomic E-state index is 12.7. The molecule has 0 radical (unpaired) electrons. The molecule has 22 heavy (non-hydrogen) atoms. The van der Waals surface area contributed by atoms with Crippen molar-refractivity contribution in [1.29, 1.82) is 0 Å². The van der Waals surface area contributed by atoms with Gasteiger partial charge in [0, 0.05) is 51.3 Å². The number of rotatable bonds is 1. The summed E-state index contributed by atoms with van der Waals surface area (Å²) in [5.74, 6) is 0.0173. The lowest BCUT2D eigenvalue weighted by atomic mass is 10.1. The number of fused-ring (bicyclic) bond motifs is 1. The molecule has 0 spiro atoms. The van der Waals surface area contributed by atoms with E-state index in [-0.39, 0.29) is 17.9 Å². The van der Waals surface area contributed by atoms with E-state index in [1.165, 1.54) is 0 Å². The molecule has 2 amide bonds. The second-order valence-corrected chi connectivity index (χ2v) is 6.00. The highest BCUT2D eigenvalue weighted by Crippen LogP contribution is 2.29. The third-order valence-electron chi connectivity index (χ3n) is 4.37. The van der Waals surface area contributed by atoms with Crippen molar-refractivity contribution in [2.24, 2.45) is 0 Å². The number of carbonyl (C=O) groups excluding carboxylic acids is 2. The molecule has 3 rings (SSSR count). The quantitative estimate of drug-likeness (QED) is 0.809. The molecule has 6 nitrogen and oxygen atoms in total. The van der Waals surface area contributed by atoms with Crippen molar-refractivity contribution >= 4 is 23.2 Å². The Balaban J connectivity index is 1.89. The van der Waals surface area contributed by atoms with Gasteiger partial charge < -0.3 is 20.4 Å². The van der Waals surface area contributed by atoms with Crippen LogP contribution >= 0.6 is 0 Å². The molecule has 1 aromatic carbocycles. The molecule has 118 valence electrons. The minimum atomic E-state index is -0.00857. The minimum absolute atomic E-state index is 0.00857. The zero-order valence-electron chi connectivity index (χ0n) is 13.1. The topological polar surface area (TPSA) is 64.7 Å². The zero-order chi connectivity index (χ0) is 15.7. The maximum Gasteiger partial charge on any atom is 0.254 e. The molecule has 0 saturated carbocycles. The molecule has 1 atom stereocenters. The number of carbonyl (C=O) groups is 2. The van der Waals surface area contributed by atoms with E-state index in [4.69, 9.17) is 0 Å². The van der Waals surface area contributed by atoms with Crippen molar-refractivity contribution < 1.29 is 9.59 Å². The van der Waals surface area contributed by atoms with Crippen LogP contribution in [0.25, 0.3) is 0 Å². The van der Waals surface area contributed by atoms with Crippen LogP contribution in [0.1, 0.15) is 23.7 Å². The van der Waals surface area contributed by atoms with Crippen LogP contribution in [0, 0.1) is 0 Å². The molecule has 0 aromatic heterocycles. The molecule has 2 N–H and O–H groups in total. The second kappa shape index (κ2) is 5.96. The normalized spacial score (nSPS) is 21.9. The number of piperazine rings is 1. The Bertz CT molecular complexity index is 602. The lowest BCUT2D eigenvalue weighted by Gasteiger charge is -2.34. The molecule has 0 unspecified atom stereocenters. The highest BCUT2D eigenvalue weighted by molar-refractivity contribution is 6.01. The summed E-state index contributed by atoms with van der Waals surface area (Å²) in [6, 6.07) is 5.74. The van der Waals surface area contributed by atoms with Crippen LogP contribution in [-0.2, 0) is 4.79 Å². The van der Waals surface area contributed by atoms with Gasteiger partial charge in [-0.15, -0.1) is 0 Å². The lowest BCUT2D eigenvalue weighted by molar-refractivity contribution is -0.115. The first-order valence-corrected chi connectivity index (χ1v) is 7.73. The van der Waals surface area contributed by atoms with Crippen LogP contribution in [-0.4, -0.2) is 56.0 Å². The van der Waals surface area contributed by atoms with E-state index >= 15 is 0 Å². The van der Waals surface area contributed by atoms with E-state index < -0.39 is 0 Å². The summed E-state index contributed by atoms with van der Waals surface area (Å²) in [5, 5.41) is 6.18. The largest absolute Gasteiger partial charge is 0.372 e. The molecule has 1 aromatic rings. The van der Waals surface area contributed by atoms with E-state index in [0.29, 0.717) is 25.1 Å². The van der Waals surface area contributed by atoms with Crippen molar-refractivity contribution in [3.05, 3.63) is 23.8 Å². The van der Waals surface area contributed by atoms with Crippen molar-refractivity contribution in [3.8, 4) is 0 Å². The number of hydrogen-bond acceptors (Lipinski definition) is 4. The smallest absolute Gasteiger partial charge is 0.254 e. The molecule has 6 heteroatoms. The van der Waals surface area contributed by atoms with Gasteiger partial charge in [-0.25, -0.2) is 0 Å². The number of nitrogens with one attached hydrogen (secondary N) is 2. The number of nitrogens with zero attached hydrogens (tertiary/aromatic N) is 2. The van der Waals surface area contributed by atoms with Crippen LogP contribution < -0.4 is 15.5 Å². The number of hydrogen-bond donors (Lipinski definition) is 2. The predicted molar refractivity (Wildman–Crippen MR) is 86.3 cm³/mol. The Hall–Kier alpha value is -2.08. The average molecular weight is 302 g/mol. The van der Waals surface area contributed by atoms with Crippen LogP contribution in [0.2, 0.25) is 0 Å². The van der Waals surface area contributed by atoms with Gasteiger partial charge in [-0.2, -0.15) is 0 Å². The van der Waals surface area contributed by atoms with E-state index in [1.807, 2.05) is 35.9 Å². The molecule has 1 saturated heterocycles. The first-order chi connectivity index (χ1) is 10.6. The summed E-state index contributed by atoms with van der Waals surface area (Å²) < 4.78 is 0. The van der Waals surface area contributed by atoms with E-state index in [0.717, 1.165) is 24.5 Å². The van der Waals surface area contributed by atoms with Gasteiger partial charge >= 0.3 is 0 Å². The fraction of sp³-hybridized carbons (Fsp3) is 0.500. The molecular formula is C16H22N4O2. The Morgan fingerprint density at radius 1 is 1.32 bits per heavy atom. The summed E-state index contributed by atoms with van der Waals surface area (Å²) >= 11 is 0. The molecular weight excluding hydrogens is 280 g/mol. The summed E-state index contributed by atoms with van der Waals surface area (Å²) in [6.45, 7) is 5.07. The third kappa shape index (κ3) is 2.78.